The molecule has 0 aliphatic rings. The molecule has 1 heteroatoms. The molecule has 1 rings (SSSR count). The highest BCUT2D eigenvalue weighted by Gasteiger charge is 2.14. The highest BCUT2D eigenvalue weighted by atomic mass is 31.1. The molecular formula is C21H37P. The highest BCUT2D eigenvalue weighted by Crippen LogP contribution is 2.39. The zero-order chi connectivity index (χ0) is 16.4. The SMILES string of the molecule is CCCCCCP(CCCCCC)c1ccc(C)c(C)c1C. The maximum absolute atomic E-state index is 2.45. The first-order valence-electron chi connectivity index (χ1n) is 9.43. The molecule has 0 aliphatic heterocycles. The van der Waals surface area contributed by atoms with Crippen molar-refractivity contribution in [2.75, 3.05) is 12.3 Å². The predicted octanol–water partition coefficient (Wildman–Crippen LogP) is 6.88. The lowest BCUT2D eigenvalue weighted by atomic mass is 10.1. The van der Waals surface area contributed by atoms with Crippen molar-refractivity contribution < 1.29 is 0 Å². The van der Waals surface area contributed by atoms with Crippen LogP contribution >= 0.6 is 7.92 Å². The van der Waals surface area contributed by atoms with E-state index in [1.165, 1.54) is 74.8 Å². The van der Waals surface area contributed by atoms with Crippen molar-refractivity contribution >= 4 is 13.2 Å². The quantitative estimate of drug-likeness (QED) is 0.308. The molecule has 0 spiro atoms. The van der Waals surface area contributed by atoms with Gasteiger partial charge in [-0.3, -0.25) is 0 Å². The fraction of sp³-hybridized carbons (Fsp3) is 0.714. The average Bonchev–Trinajstić information content (AvgIpc) is 2.52. The van der Waals surface area contributed by atoms with E-state index in [2.05, 4.69) is 46.8 Å². The van der Waals surface area contributed by atoms with Gasteiger partial charge in [-0.15, -0.1) is 0 Å². The summed E-state index contributed by atoms with van der Waals surface area (Å²) in [6.07, 6.45) is 14.1. The summed E-state index contributed by atoms with van der Waals surface area (Å²) in [5.41, 5.74) is 4.55. The lowest BCUT2D eigenvalue weighted by molar-refractivity contribution is 0.697. The Morgan fingerprint density at radius 3 is 1.73 bits per heavy atom. The van der Waals surface area contributed by atoms with E-state index >= 15 is 0 Å². The molecule has 0 N–H and O–H groups in total. The van der Waals surface area contributed by atoms with Crippen LogP contribution in [0.3, 0.4) is 0 Å². The number of unbranched alkanes of at least 4 members (excludes halogenated alkanes) is 6. The first-order valence-corrected chi connectivity index (χ1v) is 11.1. The normalized spacial score (nSPS) is 11.4. The molecule has 0 nitrogen and oxygen atoms in total. The van der Waals surface area contributed by atoms with Gasteiger partial charge in [0.15, 0.2) is 0 Å². The fourth-order valence-electron chi connectivity index (χ4n) is 3.10. The van der Waals surface area contributed by atoms with Gasteiger partial charge in [0.25, 0.3) is 0 Å². The minimum absolute atomic E-state index is 0.0616. The Bertz CT molecular complexity index is 410. The van der Waals surface area contributed by atoms with Gasteiger partial charge < -0.3 is 0 Å². The summed E-state index contributed by atoms with van der Waals surface area (Å²) in [6, 6.07) is 4.80. The zero-order valence-electron chi connectivity index (χ0n) is 15.7. The number of rotatable bonds is 11. The Hall–Kier alpha value is -0.350. The fourth-order valence-corrected chi connectivity index (χ4v) is 5.94. The Labute approximate surface area is 140 Å². The predicted molar refractivity (Wildman–Crippen MR) is 105 cm³/mol. The van der Waals surface area contributed by atoms with Crippen LogP contribution in [-0.4, -0.2) is 12.3 Å². The molecule has 0 aliphatic carbocycles. The largest absolute Gasteiger partial charge is 0.0750 e. The molecule has 1 aromatic rings. The van der Waals surface area contributed by atoms with Gasteiger partial charge in [0.1, 0.15) is 0 Å². The van der Waals surface area contributed by atoms with Gasteiger partial charge in [-0.05, 0) is 67.9 Å². The van der Waals surface area contributed by atoms with Gasteiger partial charge in [-0.2, -0.15) is 0 Å². The molecule has 0 saturated carbocycles. The average molecular weight is 321 g/mol. The Balaban J connectivity index is 2.72. The van der Waals surface area contributed by atoms with E-state index in [9.17, 15) is 0 Å². The topological polar surface area (TPSA) is 0 Å². The molecule has 22 heavy (non-hydrogen) atoms. The molecule has 0 atom stereocenters. The van der Waals surface area contributed by atoms with E-state index in [1.54, 1.807) is 10.9 Å². The van der Waals surface area contributed by atoms with Gasteiger partial charge in [-0.25, -0.2) is 0 Å². The second kappa shape index (κ2) is 11.2. The van der Waals surface area contributed by atoms with Gasteiger partial charge in [-0.1, -0.05) is 72.4 Å². The van der Waals surface area contributed by atoms with Crippen LogP contribution in [0.15, 0.2) is 12.1 Å². The van der Waals surface area contributed by atoms with Crippen molar-refractivity contribution in [1.82, 2.24) is 0 Å². The van der Waals surface area contributed by atoms with Crippen molar-refractivity contribution in [1.29, 1.82) is 0 Å². The number of benzene rings is 1. The first kappa shape index (κ1) is 19.7. The summed E-state index contributed by atoms with van der Waals surface area (Å²) >= 11 is 0. The third kappa shape index (κ3) is 6.41. The molecule has 126 valence electrons. The van der Waals surface area contributed by atoms with E-state index in [-0.39, 0.29) is 7.92 Å². The molecule has 0 heterocycles. The smallest absolute Gasteiger partial charge is 0.0208 e. The van der Waals surface area contributed by atoms with E-state index in [0.29, 0.717) is 0 Å². The molecular weight excluding hydrogens is 283 g/mol. The van der Waals surface area contributed by atoms with Crippen molar-refractivity contribution in [3.05, 3.63) is 28.8 Å². The van der Waals surface area contributed by atoms with Crippen molar-refractivity contribution in [3.63, 3.8) is 0 Å². The second-order valence-corrected chi connectivity index (χ2v) is 9.22. The van der Waals surface area contributed by atoms with Crippen LogP contribution in [0.2, 0.25) is 0 Å². The van der Waals surface area contributed by atoms with E-state index in [0.717, 1.165) is 0 Å². The third-order valence-corrected chi connectivity index (χ3v) is 7.81. The molecule has 0 amide bonds. The summed E-state index contributed by atoms with van der Waals surface area (Å²) in [4.78, 5) is 0. The van der Waals surface area contributed by atoms with Gasteiger partial charge in [0, 0.05) is 0 Å². The van der Waals surface area contributed by atoms with Crippen LogP contribution in [0.25, 0.3) is 0 Å². The molecule has 0 aromatic heterocycles. The first-order chi connectivity index (χ1) is 10.6. The highest BCUT2D eigenvalue weighted by molar-refractivity contribution is 7.65. The summed E-state index contributed by atoms with van der Waals surface area (Å²) < 4.78 is 0. The van der Waals surface area contributed by atoms with Crippen LogP contribution in [0.5, 0.6) is 0 Å². The lowest BCUT2D eigenvalue weighted by Gasteiger charge is -2.22. The molecule has 0 saturated heterocycles. The Morgan fingerprint density at radius 2 is 1.23 bits per heavy atom. The summed E-state index contributed by atoms with van der Waals surface area (Å²) in [6.45, 7) is 11.5. The Kier molecular flexibility index (Phi) is 10.1. The molecule has 0 unspecified atom stereocenters. The third-order valence-electron chi connectivity index (χ3n) is 4.93. The number of hydrogen-bond acceptors (Lipinski definition) is 0. The van der Waals surface area contributed by atoms with Crippen LogP contribution in [0, 0.1) is 20.8 Å². The van der Waals surface area contributed by atoms with Crippen LogP contribution < -0.4 is 5.30 Å². The lowest BCUT2D eigenvalue weighted by Crippen LogP contribution is -2.12. The van der Waals surface area contributed by atoms with Crippen LogP contribution in [0.1, 0.15) is 81.9 Å². The second-order valence-electron chi connectivity index (χ2n) is 6.76. The Morgan fingerprint density at radius 1 is 0.682 bits per heavy atom. The maximum atomic E-state index is 2.45. The summed E-state index contributed by atoms with van der Waals surface area (Å²) in [7, 11) is 0.0616. The van der Waals surface area contributed by atoms with Crippen LogP contribution in [0.4, 0.5) is 0 Å². The van der Waals surface area contributed by atoms with Crippen molar-refractivity contribution in [3.8, 4) is 0 Å². The van der Waals surface area contributed by atoms with Gasteiger partial charge >= 0.3 is 0 Å². The van der Waals surface area contributed by atoms with Crippen LogP contribution in [-0.2, 0) is 0 Å². The maximum Gasteiger partial charge on any atom is -0.0208 e. The van der Waals surface area contributed by atoms with Gasteiger partial charge in [0.2, 0.25) is 0 Å². The van der Waals surface area contributed by atoms with E-state index in [1.807, 2.05) is 0 Å². The minimum Gasteiger partial charge on any atom is -0.0750 e. The molecule has 1 aromatic carbocycles. The van der Waals surface area contributed by atoms with E-state index in [4.69, 9.17) is 0 Å². The zero-order valence-corrected chi connectivity index (χ0v) is 16.6. The minimum atomic E-state index is 0.0616. The summed E-state index contributed by atoms with van der Waals surface area (Å²) in [5.74, 6) is 0. The van der Waals surface area contributed by atoms with E-state index < -0.39 is 0 Å². The van der Waals surface area contributed by atoms with Crippen molar-refractivity contribution in [2.45, 2.75) is 86.0 Å². The monoisotopic (exact) mass is 320 g/mol. The number of aryl methyl sites for hydroxylation is 1. The molecule has 0 radical (unpaired) electrons. The molecule has 0 bridgehead atoms. The summed E-state index contributed by atoms with van der Waals surface area (Å²) in [5, 5.41) is 1.70. The standard InChI is InChI=1S/C21H37P/c1-6-8-10-12-16-22(17-13-11-9-7-2)21-15-14-18(3)19(4)20(21)5/h14-15H,6-13,16-17H2,1-5H3. The molecule has 0 fully saturated rings. The van der Waals surface area contributed by atoms with Gasteiger partial charge in [0.05, 0.1) is 0 Å². The number of hydrogen-bond donors (Lipinski definition) is 0. The van der Waals surface area contributed by atoms with Crippen molar-refractivity contribution in [2.24, 2.45) is 0 Å².